The highest BCUT2D eigenvalue weighted by molar-refractivity contribution is 7.84. The van der Waals surface area contributed by atoms with Gasteiger partial charge in [0.25, 0.3) is 0 Å². The van der Waals surface area contributed by atoms with Crippen molar-refractivity contribution in [2.24, 2.45) is 17.6 Å². The fraction of sp³-hybridized carbons (Fsp3) is 0.611. The molecule has 2 aromatic rings. The first-order valence-electron chi connectivity index (χ1n) is 16.0. The van der Waals surface area contributed by atoms with Gasteiger partial charge in [0.05, 0.1) is 39.1 Å². The van der Waals surface area contributed by atoms with Crippen molar-refractivity contribution in [1.82, 2.24) is 4.72 Å². The normalized spacial score (nSPS) is 13.5. The van der Waals surface area contributed by atoms with Crippen LogP contribution in [-0.2, 0) is 20.5 Å². The molecule has 7 nitrogen and oxygen atoms in total. The molecular weight excluding hydrogens is 608 g/mol. The van der Waals surface area contributed by atoms with E-state index in [0.717, 1.165) is 36.8 Å². The predicted molar refractivity (Wildman–Crippen MR) is 190 cm³/mol. The number of carbonyl (C=O) groups excluding carboxylic acids is 2. The number of benzene rings is 2. The first-order valence-corrected chi connectivity index (χ1v) is 17.1. The maximum absolute atomic E-state index is 12.5. The minimum Gasteiger partial charge on any atom is -0.459 e. The van der Waals surface area contributed by atoms with Crippen LogP contribution in [0.25, 0.3) is 0 Å². The second kappa shape index (κ2) is 20.8. The van der Waals surface area contributed by atoms with Crippen LogP contribution in [0.1, 0.15) is 146 Å². The van der Waals surface area contributed by atoms with E-state index in [4.69, 9.17) is 15.2 Å². The molecule has 0 aromatic heterocycles. The third-order valence-corrected chi connectivity index (χ3v) is 8.31. The summed E-state index contributed by atoms with van der Waals surface area (Å²) < 4.78 is 25.8. The van der Waals surface area contributed by atoms with Crippen molar-refractivity contribution < 1.29 is 23.3 Å². The summed E-state index contributed by atoms with van der Waals surface area (Å²) in [6, 6.07) is 14.9. The highest BCUT2D eigenvalue weighted by Crippen LogP contribution is 2.25. The molecule has 0 saturated carbocycles. The number of nitrogens with two attached hydrogens (primary N) is 1. The molecule has 0 heterocycles. The maximum Gasteiger partial charge on any atom is 0.338 e. The number of hydrogen-bond donors (Lipinski definition) is 2. The van der Waals surface area contributed by atoms with E-state index in [2.05, 4.69) is 32.4 Å². The summed E-state index contributed by atoms with van der Waals surface area (Å²) in [5.41, 5.74) is 9.36. The topological polar surface area (TPSA) is 108 Å². The predicted octanol–water partition coefficient (Wildman–Crippen LogP) is 8.89. The zero-order valence-corrected chi connectivity index (χ0v) is 31.0. The molecule has 256 valence electrons. The van der Waals surface area contributed by atoms with E-state index >= 15 is 0 Å². The van der Waals surface area contributed by atoms with Crippen LogP contribution >= 0.6 is 12.4 Å². The zero-order valence-electron chi connectivity index (χ0n) is 29.3. The standard InChI is InChI=1S/C20H33NO3S.C16H25NO2.ClH/c1-14(2)8-13-18(21-25(23)20(5,6)7)16-9-11-17(12-10-16)19(22)24-15(3)4;1-11(2)5-10-15(17)13-6-8-14(9-7-13)16(18)19-12(3)4;/h9-12,14-15,18,21H,8,13H2,1-7H3;6-9,11-12,15H,5,10,17H2,1-4H3;1H/t18-,25+;15-;/m11./s1. The van der Waals surface area contributed by atoms with E-state index < -0.39 is 11.0 Å². The van der Waals surface area contributed by atoms with Crippen molar-refractivity contribution in [1.29, 1.82) is 0 Å². The van der Waals surface area contributed by atoms with E-state index in [1.807, 2.05) is 72.7 Å². The van der Waals surface area contributed by atoms with Crippen molar-refractivity contribution in [3.63, 3.8) is 0 Å². The third-order valence-electron chi connectivity index (χ3n) is 6.70. The largest absolute Gasteiger partial charge is 0.459 e. The van der Waals surface area contributed by atoms with Gasteiger partial charge >= 0.3 is 11.9 Å². The Morgan fingerprint density at radius 3 is 1.42 bits per heavy atom. The number of nitrogens with one attached hydrogen (secondary N) is 1. The molecule has 9 heteroatoms. The summed E-state index contributed by atoms with van der Waals surface area (Å²) in [5, 5.41) is 0. The van der Waals surface area contributed by atoms with E-state index in [-0.39, 0.29) is 53.4 Å². The molecule has 0 unspecified atom stereocenters. The van der Waals surface area contributed by atoms with Gasteiger partial charge in [-0.1, -0.05) is 52.0 Å². The maximum atomic E-state index is 12.5. The quantitative estimate of drug-likeness (QED) is 0.195. The molecule has 45 heavy (non-hydrogen) atoms. The molecule has 0 amide bonds. The average molecular weight is 667 g/mol. The number of hydrogen-bond acceptors (Lipinski definition) is 6. The minimum atomic E-state index is -1.15. The average Bonchev–Trinajstić information content (AvgIpc) is 2.93. The lowest BCUT2D eigenvalue weighted by molar-refractivity contribution is 0.0367. The Labute approximate surface area is 281 Å². The van der Waals surface area contributed by atoms with Gasteiger partial charge < -0.3 is 15.2 Å². The van der Waals surface area contributed by atoms with Crippen LogP contribution in [0.15, 0.2) is 48.5 Å². The summed E-state index contributed by atoms with van der Waals surface area (Å²) in [5.74, 6) is 0.641. The minimum absolute atomic E-state index is 0. The lowest BCUT2D eigenvalue weighted by atomic mass is 9.97. The summed E-state index contributed by atoms with van der Waals surface area (Å²) in [6.45, 7) is 22.0. The molecule has 0 aliphatic heterocycles. The van der Waals surface area contributed by atoms with E-state index in [9.17, 15) is 13.8 Å². The lowest BCUT2D eigenvalue weighted by Gasteiger charge is -2.25. The smallest absolute Gasteiger partial charge is 0.338 e. The molecule has 0 saturated heterocycles. The second-order valence-electron chi connectivity index (χ2n) is 13.8. The Hall–Kier alpha value is -2.26. The molecule has 0 fully saturated rings. The first kappa shape index (κ1) is 42.7. The van der Waals surface area contributed by atoms with Crippen molar-refractivity contribution >= 4 is 35.3 Å². The van der Waals surface area contributed by atoms with Gasteiger partial charge in [0.15, 0.2) is 0 Å². The molecule has 3 N–H and O–H groups in total. The Morgan fingerprint density at radius 1 is 0.689 bits per heavy atom. The first-order chi connectivity index (χ1) is 20.4. The Bertz CT molecular complexity index is 1160. The van der Waals surface area contributed by atoms with Crippen molar-refractivity contribution in [3.8, 4) is 0 Å². The summed E-state index contributed by atoms with van der Waals surface area (Å²) in [7, 11) is -1.15. The SMILES string of the molecule is CC(C)CC[C@@H](N)c1ccc(C(=O)OC(C)C)cc1.CC(C)CC[C@@H](N[S@@](=O)C(C)(C)C)c1ccc(C(=O)OC(C)C)cc1.Cl. The van der Waals surface area contributed by atoms with Crippen LogP contribution in [0.5, 0.6) is 0 Å². The van der Waals surface area contributed by atoms with Crippen LogP contribution in [0.4, 0.5) is 0 Å². The molecule has 0 radical (unpaired) electrons. The second-order valence-corrected chi connectivity index (χ2v) is 15.8. The molecule has 3 atom stereocenters. The van der Waals surface area contributed by atoms with Gasteiger partial charge in [0, 0.05) is 12.1 Å². The van der Waals surface area contributed by atoms with Gasteiger partial charge in [-0.2, -0.15) is 0 Å². The van der Waals surface area contributed by atoms with E-state index in [0.29, 0.717) is 23.0 Å². The Kier molecular flexibility index (Phi) is 19.7. The molecular formula is C36H59ClN2O5S. The number of esters is 2. The number of rotatable bonds is 14. The highest BCUT2D eigenvalue weighted by Gasteiger charge is 2.24. The van der Waals surface area contributed by atoms with Gasteiger partial charge in [-0.3, -0.25) is 0 Å². The molecule has 0 bridgehead atoms. The van der Waals surface area contributed by atoms with Crippen LogP contribution < -0.4 is 10.5 Å². The molecule has 0 spiro atoms. The van der Waals surface area contributed by atoms with E-state index in [1.54, 1.807) is 24.3 Å². The summed E-state index contributed by atoms with van der Waals surface area (Å²) >= 11 is 0. The molecule has 0 aliphatic carbocycles. The fourth-order valence-corrected chi connectivity index (χ4v) is 4.93. The summed E-state index contributed by atoms with van der Waals surface area (Å²) in [6.07, 6.45) is 3.78. The fourth-order valence-electron chi connectivity index (χ4n) is 4.06. The van der Waals surface area contributed by atoms with Crippen LogP contribution in [0, 0.1) is 11.8 Å². The number of ether oxygens (including phenoxy) is 2. The molecule has 2 rings (SSSR count). The molecule has 0 aliphatic rings. The van der Waals surface area contributed by atoms with Crippen LogP contribution in [-0.4, -0.2) is 33.1 Å². The van der Waals surface area contributed by atoms with Gasteiger partial charge in [0.2, 0.25) is 0 Å². The number of carbonyl (C=O) groups is 2. The highest BCUT2D eigenvalue weighted by atomic mass is 35.5. The van der Waals surface area contributed by atoms with Gasteiger partial charge in [-0.15, -0.1) is 12.4 Å². The van der Waals surface area contributed by atoms with Crippen molar-refractivity contribution in [2.45, 2.75) is 131 Å². The third kappa shape index (κ3) is 17.3. The van der Waals surface area contributed by atoms with Gasteiger partial charge in [-0.25, -0.2) is 18.5 Å². The van der Waals surface area contributed by atoms with Crippen molar-refractivity contribution in [3.05, 3.63) is 70.8 Å². The number of halogens is 1. The van der Waals surface area contributed by atoms with Gasteiger partial charge in [0.1, 0.15) is 0 Å². The Morgan fingerprint density at radius 2 is 1.07 bits per heavy atom. The van der Waals surface area contributed by atoms with Crippen LogP contribution in [0.2, 0.25) is 0 Å². The monoisotopic (exact) mass is 666 g/mol. The van der Waals surface area contributed by atoms with Crippen LogP contribution in [0.3, 0.4) is 0 Å². The van der Waals surface area contributed by atoms with Crippen molar-refractivity contribution in [2.75, 3.05) is 0 Å². The lowest BCUT2D eigenvalue weighted by Crippen LogP contribution is -2.36. The van der Waals surface area contributed by atoms with Gasteiger partial charge in [-0.05, 0) is 121 Å². The zero-order chi connectivity index (χ0) is 33.6. The van der Waals surface area contributed by atoms with E-state index in [1.165, 1.54) is 0 Å². The summed E-state index contributed by atoms with van der Waals surface area (Å²) in [4.78, 5) is 23.7. The Balaban J connectivity index is 0.000000872. The molecule has 2 aromatic carbocycles.